The molecule has 0 bridgehead atoms. The molecule has 1 N–H and O–H groups in total. The minimum Gasteiger partial charge on any atom is -0.363 e. The summed E-state index contributed by atoms with van der Waals surface area (Å²) in [7, 11) is 7.77. The standard InChI is InChI=1S/C18H24ClN5OS/c1-23(2)9-8-20-17(25)14-7-5-6-13(10-14)12-26-18-21-15(19)11-16(22-18)24(3)4/h5-7,10-11H,8-9,12H2,1-4H3,(H,20,25). The van der Waals surface area contributed by atoms with Gasteiger partial charge < -0.3 is 15.1 Å². The maximum atomic E-state index is 12.2. The fourth-order valence-corrected chi connectivity index (χ4v) is 3.15. The van der Waals surface area contributed by atoms with E-state index in [1.807, 2.05) is 62.3 Å². The van der Waals surface area contributed by atoms with Gasteiger partial charge >= 0.3 is 0 Å². The zero-order chi connectivity index (χ0) is 19.1. The summed E-state index contributed by atoms with van der Waals surface area (Å²) in [5.41, 5.74) is 1.69. The van der Waals surface area contributed by atoms with Crippen LogP contribution >= 0.6 is 23.4 Å². The third-order valence-electron chi connectivity index (χ3n) is 3.52. The molecule has 1 aromatic carbocycles. The Balaban J connectivity index is 1.99. The van der Waals surface area contributed by atoms with Crippen molar-refractivity contribution in [1.82, 2.24) is 20.2 Å². The monoisotopic (exact) mass is 393 g/mol. The molecule has 8 heteroatoms. The Kier molecular flexibility index (Phi) is 7.68. The van der Waals surface area contributed by atoms with Crippen molar-refractivity contribution in [2.24, 2.45) is 0 Å². The van der Waals surface area contributed by atoms with E-state index in [1.54, 1.807) is 6.07 Å². The smallest absolute Gasteiger partial charge is 0.251 e. The van der Waals surface area contributed by atoms with E-state index in [4.69, 9.17) is 11.6 Å². The quantitative estimate of drug-likeness (QED) is 0.422. The molecule has 0 aliphatic carbocycles. The topological polar surface area (TPSA) is 61.4 Å². The number of nitrogens with one attached hydrogen (secondary N) is 1. The van der Waals surface area contributed by atoms with Crippen molar-refractivity contribution in [3.05, 3.63) is 46.6 Å². The van der Waals surface area contributed by atoms with Crippen molar-refractivity contribution in [2.45, 2.75) is 10.9 Å². The summed E-state index contributed by atoms with van der Waals surface area (Å²) < 4.78 is 0. The molecular formula is C18H24ClN5OS. The van der Waals surface area contributed by atoms with Crippen molar-refractivity contribution in [1.29, 1.82) is 0 Å². The molecule has 140 valence electrons. The van der Waals surface area contributed by atoms with Crippen LogP contribution in [-0.2, 0) is 5.75 Å². The summed E-state index contributed by atoms with van der Waals surface area (Å²) in [6, 6.07) is 9.32. The number of hydrogen-bond acceptors (Lipinski definition) is 6. The molecule has 6 nitrogen and oxygen atoms in total. The van der Waals surface area contributed by atoms with E-state index in [0.29, 0.717) is 28.2 Å². The Labute approximate surface area is 164 Å². The van der Waals surface area contributed by atoms with Gasteiger partial charge in [0.05, 0.1) is 0 Å². The number of likely N-dealkylation sites (N-methyl/N-ethyl adjacent to an activating group) is 1. The number of carbonyl (C=O) groups excluding carboxylic acids is 1. The predicted octanol–water partition coefficient (Wildman–Crippen LogP) is 2.78. The van der Waals surface area contributed by atoms with E-state index in [1.165, 1.54) is 11.8 Å². The van der Waals surface area contributed by atoms with Gasteiger partial charge in [0.15, 0.2) is 5.16 Å². The molecule has 0 spiro atoms. The number of benzene rings is 1. The van der Waals surface area contributed by atoms with Crippen molar-refractivity contribution in [3.8, 4) is 0 Å². The first-order valence-corrected chi connectivity index (χ1v) is 9.58. The highest BCUT2D eigenvalue weighted by Gasteiger charge is 2.09. The summed E-state index contributed by atoms with van der Waals surface area (Å²) in [6.07, 6.45) is 0. The average Bonchev–Trinajstić information content (AvgIpc) is 2.59. The Morgan fingerprint density at radius 3 is 2.65 bits per heavy atom. The fourth-order valence-electron chi connectivity index (χ4n) is 2.12. The van der Waals surface area contributed by atoms with Gasteiger partial charge in [-0.3, -0.25) is 4.79 Å². The van der Waals surface area contributed by atoms with Gasteiger partial charge in [-0.15, -0.1) is 0 Å². The normalized spacial score (nSPS) is 10.8. The molecule has 0 unspecified atom stereocenters. The van der Waals surface area contributed by atoms with E-state index in [-0.39, 0.29) is 5.91 Å². The number of thioether (sulfide) groups is 1. The van der Waals surface area contributed by atoms with Crippen molar-refractivity contribution < 1.29 is 4.79 Å². The van der Waals surface area contributed by atoms with E-state index < -0.39 is 0 Å². The highest BCUT2D eigenvalue weighted by atomic mass is 35.5. The summed E-state index contributed by atoms with van der Waals surface area (Å²) in [5, 5.41) is 3.95. The molecule has 1 heterocycles. The Morgan fingerprint density at radius 2 is 1.96 bits per heavy atom. The lowest BCUT2D eigenvalue weighted by atomic mass is 10.1. The van der Waals surface area contributed by atoms with Crippen LogP contribution in [0.5, 0.6) is 0 Å². The Bertz CT molecular complexity index is 754. The molecule has 1 aromatic heterocycles. The summed E-state index contributed by atoms with van der Waals surface area (Å²) in [4.78, 5) is 24.9. The molecular weight excluding hydrogens is 370 g/mol. The van der Waals surface area contributed by atoms with Gasteiger partial charge in [0.1, 0.15) is 11.0 Å². The van der Waals surface area contributed by atoms with Crippen LogP contribution in [0, 0.1) is 0 Å². The maximum absolute atomic E-state index is 12.2. The largest absolute Gasteiger partial charge is 0.363 e. The Morgan fingerprint density at radius 1 is 1.19 bits per heavy atom. The third kappa shape index (κ3) is 6.48. The third-order valence-corrected chi connectivity index (χ3v) is 4.63. The number of amides is 1. The molecule has 2 aromatic rings. The van der Waals surface area contributed by atoms with Gasteiger partial charge in [-0.05, 0) is 31.8 Å². The van der Waals surface area contributed by atoms with Crippen molar-refractivity contribution in [3.63, 3.8) is 0 Å². The number of aromatic nitrogens is 2. The van der Waals surface area contributed by atoms with Crippen LogP contribution in [0.1, 0.15) is 15.9 Å². The van der Waals surface area contributed by atoms with Crippen LogP contribution in [0.2, 0.25) is 5.15 Å². The van der Waals surface area contributed by atoms with Gasteiger partial charge in [0.2, 0.25) is 0 Å². The molecule has 0 fully saturated rings. The first-order valence-electron chi connectivity index (χ1n) is 8.21. The minimum absolute atomic E-state index is 0.0624. The number of nitrogens with zero attached hydrogens (tertiary/aromatic N) is 4. The van der Waals surface area contributed by atoms with Crippen LogP contribution in [-0.4, -0.2) is 62.1 Å². The molecule has 0 saturated heterocycles. The number of hydrogen-bond donors (Lipinski definition) is 1. The van der Waals surface area contributed by atoms with E-state index in [2.05, 4.69) is 15.3 Å². The van der Waals surface area contributed by atoms with Crippen molar-refractivity contribution in [2.75, 3.05) is 46.2 Å². The minimum atomic E-state index is -0.0624. The average molecular weight is 394 g/mol. The van der Waals surface area contributed by atoms with Crippen LogP contribution in [0.4, 0.5) is 5.82 Å². The second-order valence-electron chi connectivity index (χ2n) is 6.27. The summed E-state index contributed by atoms with van der Waals surface area (Å²) >= 11 is 7.56. The first-order chi connectivity index (χ1) is 12.3. The number of carbonyl (C=O) groups is 1. The van der Waals surface area contributed by atoms with Gasteiger partial charge in [-0.1, -0.05) is 35.5 Å². The maximum Gasteiger partial charge on any atom is 0.251 e. The highest BCUT2D eigenvalue weighted by Crippen LogP contribution is 2.24. The van der Waals surface area contributed by atoms with Crippen molar-refractivity contribution >= 4 is 35.1 Å². The zero-order valence-electron chi connectivity index (χ0n) is 15.5. The molecule has 0 atom stereocenters. The summed E-state index contributed by atoms with van der Waals surface area (Å²) in [5.74, 6) is 1.36. The van der Waals surface area contributed by atoms with Crippen LogP contribution in [0.25, 0.3) is 0 Å². The lowest BCUT2D eigenvalue weighted by Crippen LogP contribution is -2.31. The fraction of sp³-hybridized carbons (Fsp3) is 0.389. The van der Waals surface area contributed by atoms with Crippen LogP contribution < -0.4 is 10.2 Å². The first kappa shape index (κ1) is 20.5. The number of anilines is 1. The number of halogens is 1. The molecule has 1 amide bonds. The molecule has 0 aliphatic rings. The lowest BCUT2D eigenvalue weighted by molar-refractivity contribution is 0.0951. The Hall–Kier alpha value is -1.83. The molecule has 0 aliphatic heterocycles. The summed E-state index contributed by atoms with van der Waals surface area (Å²) in [6.45, 7) is 1.43. The van der Waals surface area contributed by atoms with E-state index in [9.17, 15) is 4.79 Å². The van der Waals surface area contributed by atoms with Gasteiger partial charge in [-0.25, -0.2) is 9.97 Å². The number of rotatable bonds is 8. The lowest BCUT2D eigenvalue weighted by Gasteiger charge is -2.12. The van der Waals surface area contributed by atoms with Gasteiger partial charge in [0.25, 0.3) is 5.91 Å². The van der Waals surface area contributed by atoms with E-state index >= 15 is 0 Å². The van der Waals surface area contributed by atoms with Crippen LogP contribution in [0.3, 0.4) is 0 Å². The zero-order valence-corrected chi connectivity index (χ0v) is 17.1. The van der Waals surface area contributed by atoms with Crippen LogP contribution in [0.15, 0.2) is 35.5 Å². The predicted molar refractivity (Wildman–Crippen MR) is 108 cm³/mol. The highest BCUT2D eigenvalue weighted by molar-refractivity contribution is 7.98. The molecule has 0 saturated carbocycles. The molecule has 26 heavy (non-hydrogen) atoms. The SMILES string of the molecule is CN(C)CCNC(=O)c1cccc(CSc2nc(Cl)cc(N(C)C)n2)c1. The second kappa shape index (κ2) is 9.75. The second-order valence-corrected chi connectivity index (χ2v) is 7.60. The molecule has 2 rings (SSSR count). The van der Waals surface area contributed by atoms with Gasteiger partial charge in [0, 0.05) is 44.6 Å². The molecule has 0 radical (unpaired) electrons. The van der Waals surface area contributed by atoms with Gasteiger partial charge in [-0.2, -0.15) is 0 Å². The van der Waals surface area contributed by atoms with E-state index in [0.717, 1.165) is 17.9 Å².